The normalized spacial score (nSPS) is 26.8. The minimum Gasteiger partial charge on any atom is -0.352 e. The largest absolute Gasteiger partial charge is 0.352 e. The SMILES string of the molecule is O=C(CN1CCN(C2CCCC2)CC1)NC1CCCCCCC1. The van der Waals surface area contributed by atoms with Gasteiger partial charge in [0.25, 0.3) is 0 Å². The fraction of sp³-hybridized carbons (Fsp3) is 0.947. The summed E-state index contributed by atoms with van der Waals surface area (Å²) in [6, 6.07) is 1.27. The van der Waals surface area contributed by atoms with Crippen molar-refractivity contribution in [2.24, 2.45) is 0 Å². The zero-order valence-corrected chi connectivity index (χ0v) is 14.8. The quantitative estimate of drug-likeness (QED) is 0.865. The number of carbonyl (C=O) groups is 1. The second-order valence-electron chi connectivity index (χ2n) is 7.86. The summed E-state index contributed by atoms with van der Waals surface area (Å²) >= 11 is 0. The van der Waals surface area contributed by atoms with Crippen molar-refractivity contribution in [1.82, 2.24) is 15.1 Å². The molecule has 0 spiro atoms. The third-order valence-corrected chi connectivity index (χ3v) is 6.09. The standard InChI is InChI=1S/C19H35N3O/c23-19(20-17-8-4-2-1-3-5-9-17)16-21-12-14-22(15-13-21)18-10-6-7-11-18/h17-18H,1-16H2,(H,20,23). The Morgan fingerprint density at radius 2 is 1.35 bits per heavy atom. The number of piperazine rings is 1. The summed E-state index contributed by atoms with van der Waals surface area (Å²) in [6.07, 6.45) is 14.6. The van der Waals surface area contributed by atoms with Crippen LogP contribution in [0.25, 0.3) is 0 Å². The van der Waals surface area contributed by atoms with Crippen LogP contribution in [-0.4, -0.2) is 60.5 Å². The van der Waals surface area contributed by atoms with E-state index in [4.69, 9.17) is 0 Å². The molecule has 2 saturated carbocycles. The molecule has 23 heavy (non-hydrogen) atoms. The monoisotopic (exact) mass is 321 g/mol. The molecular formula is C19H35N3O. The summed E-state index contributed by atoms with van der Waals surface area (Å²) in [6.45, 7) is 5.04. The van der Waals surface area contributed by atoms with Crippen LogP contribution in [0.2, 0.25) is 0 Å². The van der Waals surface area contributed by atoms with Crippen molar-refractivity contribution in [2.75, 3.05) is 32.7 Å². The van der Waals surface area contributed by atoms with E-state index in [1.807, 2.05) is 0 Å². The van der Waals surface area contributed by atoms with E-state index < -0.39 is 0 Å². The van der Waals surface area contributed by atoms with E-state index >= 15 is 0 Å². The van der Waals surface area contributed by atoms with Crippen LogP contribution in [0.3, 0.4) is 0 Å². The lowest BCUT2D eigenvalue weighted by Crippen LogP contribution is -2.52. The average molecular weight is 322 g/mol. The van der Waals surface area contributed by atoms with Gasteiger partial charge in [-0.1, -0.05) is 44.9 Å². The van der Waals surface area contributed by atoms with Crippen molar-refractivity contribution in [1.29, 1.82) is 0 Å². The molecule has 0 radical (unpaired) electrons. The molecule has 3 rings (SSSR count). The van der Waals surface area contributed by atoms with E-state index in [1.54, 1.807) is 0 Å². The molecule has 0 aromatic carbocycles. The lowest BCUT2D eigenvalue weighted by atomic mass is 9.97. The molecule has 4 heteroatoms. The van der Waals surface area contributed by atoms with E-state index in [2.05, 4.69) is 15.1 Å². The molecule has 0 bridgehead atoms. The summed E-state index contributed by atoms with van der Waals surface area (Å²) in [7, 11) is 0. The van der Waals surface area contributed by atoms with Gasteiger partial charge in [0.05, 0.1) is 6.54 Å². The van der Waals surface area contributed by atoms with Gasteiger partial charge < -0.3 is 5.32 Å². The first-order valence-corrected chi connectivity index (χ1v) is 10.1. The van der Waals surface area contributed by atoms with E-state index in [0.29, 0.717) is 12.6 Å². The number of nitrogens with zero attached hydrogens (tertiary/aromatic N) is 2. The van der Waals surface area contributed by atoms with E-state index in [9.17, 15) is 4.79 Å². The first-order valence-electron chi connectivity index (χ1n) is 10.1. The summed E-state index contributed by atoms with van der Waals surface area (Å²) in [4.78, 5) is 17.4. The van der Waals surface area contributed by atoms with E-state index in [-0.39, 0.29) is 5.91 Å². The number of amides is 1. The number of nitrogens with one attached hydrogen (secondary N) is 1. The molecule has 1 N–H and O–H groups in total. The van der Waals surface area contributed by atoms with Gasteiger partial charge in [0.1, 0.15) is 0 Å². The van der Waals surface area contributed by atoms with Gasteiger partial charge in [0.15, 0.2) is 0 Å². The first-order chi connectivity index (χ1) is 11.3. The lowest BCUT2D eigenvalue weighted by Gasteiger charge is -2.37. The number of hydrogen-bond acceptors (Lipinski definition) is 3. The van der Waals surface area contributed by atoms with E-state index in [0.717, 1.165) is 32.2 Å². The molecule has 0 aromatic rings. The Kier molecular flexibility index (Phi) is 6.76. The summed E-state index contributed by atoms with van der Waals surface area (Å²) in [5.41, 5.74) is 0. The molecule has 4 nitrogen and oxygen atoms in total. The zero-order chi connectivity index (χ0) is 15.9. The van der Waals surface area contributed by atoms with Gasteiger partial charge in [-0.3, -0.25) is 14.6 Å². The second-order valence-corrected chi connectivity index (χ2v) is 7.86. The predicted molar refractivity (Wildman–Crippen MR) is 94.5 cm³/mol. The van der Waals surface area contributed by atoms with Crippen LogP contribution in [0, 0.1) is 0 Å². The second kappa shape index (κ2) is 9.03. The van der Waals surface area contributed by atoms with Crippen molar-refractivity contribution in [3.8, 4) is 0 Å². The highest BCUT2D eigenvalue weighted by molar-refractivity contribution is 5.78. The van der Waals surface area contributed by atoms with Crippen molar-refractivity contribution >= 4 is 5.91 Å². The molecule has 1 amide bonds. The maximum atomic E-state index is 12.3. The van der Waals surface area contributed by atoms with Crippen LogP contribution in [0.1, 0.15) is 70.6 Å². The third kappa shape index (κ3) is 5.46. The van der Waals surface area contributed by atoms with E-state index in [1.165, 1.54) is 70.6 Å². The van der Waals surface area contributed by atoms with Crippen LogP contribution in [-0.2, 0) is 4.79 Å². The summed E-state index contributed by atoms with van der Waals surface area (Å²) in [5.74, 6) is 0.255. The summed E-state index contributed by atoms with van der Waals surface area (Å²) < 4.78 is 0. The highest BCUT2D eigenvalue weighted by atomic mass is 16.2. The molecule has 1 heterocycles. The van der Waals surface area contributed by atoms with Crippen LogP contribution >= 0.6 is 0 Å². The molecule has 0 aromatic heterocycles. The molecule has 0 unspecified atom stereocenters. The van der Waals surface area contributed by atoms with Crippen molar-refractivity contribution in [2.45, 2.75) is 82.7 Å². The average Bonchev–Trinajstić information content (AvgIpc) is 3.05. The first kappa shape index (κ1) is 17.2. The molecular weight excluding hydrogens is 286 g/mol. The Morgan fingerprint density at radius 3 is 2.00 bits per heavy atom. The Hall–Kier alpha value is -0.610. The van der Waals surface area contributed by atoms with Crippen LogP contribution < -0.4 is 5.32 Å². The van der Waals surface area contributed by atoms with Crippen LogP contribution in [0.5, 0.6) is 0 Å². The zero-order valence-electron chi connectivity index (χ0n) is 14.8. The summed E-state index contributed by atoms with van der Waals surface area (Å²) in [5, 5.41) is 3.31. The van der Waals surface area contributed by atoms with Gasteiger partial charge in [-0.15, -0.1) is 0 Å². The van der Waals surface area contributed by atoms with Crippen LogP contribution in [0.4, 0.5) is 0 Å². The van der Waals surface area contributed by atoms with Gasteiger partial charge in [0, 0.05) is 38.3 Å². The number of hydrogen-bond donors (Lipinski definition) is 1. The molecule has 132 valence electrons. The van der Waals surface area contributed by atoms with Crippen molar-refractivity contribution in [3.05, 3.63) is 0 Å². The molecule has 2 aliphatic carbocycles. The smallest absolute Gasteiger partial charge is 0.234 e. The molecule has 0 atom stereocenters. The number of carbonyl (C=O) groups excluding carboxylic acids is 1. The molecule has 1 aliphatic heterocycles. The molecule has 3 aliphatic rings. The van der Waals surface area contributed by atoms with Gasteiger partial charge in [0.2, 0.25) is 5.91 Å². The maximum Gasteiger partial charge on any atom is 0.234 e. The van der Waals surface area contributed by atoms with Crippen molar-refractivity contribution in [3.63, 3.8) is 0 Å². The predicted octanol–water partition coefficient (Wildman–Crippen LogP) is 2.78. The third-order valence-electron chi connectivity index (χ3n) is 6.09. The van der Waals surface area contributed by atoms with Crippen LogP contribution in [0.15, 0.2) is 0 Å². The molecule has 3 fully saturated rings. The minimum absolute atomic E-state index is 0.255. The minimum atomic E-state index is 0.255. The fourth-order valence-electron chi connectivity index (χ4n) is 4.63. The topological polar surface area (TPSA) is 35.6 Å². The Balaban J connectivity index is 1.35. The maximum absolute atomic E-state index is 12.3. The molecule has 1 saturated heterocycles. The van der Waals surface area contributed by atoms with Crippen molar-refractivity contribution < 1.29 is 4.79 Å². The highest BCUT2D eigenvalue weighted by Crippen LogP contribution is 2.24. The Labute approximate surface area is 142 Å². The Morgan fingerprint density at radius 1 is 0.783 bits per heavy atom. The van der Waals surface area contributed by atoms with Gasteiger partial charge >= 0.3 is 0 Å². The highest BCUT2D eigenvalue weighted by Gasteiger charge is 2.27. The fourth-order valence-corrected chi connectivity index (χ4v) is 4.63. The van der Waals surface area contributed by atoms with Gasteiger partial charge in [-0.2, -0.15) is 0 Å². The lowest BCUT2D eigenvalue weighted by molar-refractivity contribution is -0.123. The Bertz CT molecular complexity index is 352. The van der Waals surface area contributed by atoms with Gasteiger partial charge in [-0.25, -0.2) is 0 Å². The number of rotatable bonds is 4. The van der Waals surface area contributed by atoms with Gasteiger partial charge in [-0.05, 0) is 25.7 Å².